The van der Waals surface area contributed by atoms with Crippen LogP contribution in [0.1, 0.15) is 235 Å². The highest BCUT2D eigenvalue weighted by Crippen LogP contribution is 2.10. The number of unbranched alkanes of at least 4 members (excludes halogenated alkanes) is 22. The van der Waals surface area contributed by atoms with Crippen molar-refractivity contribution in [1.82, 2.24) is 0 Å². The minimum absolute atomic E-state index is 0. The molecule has 4 N–H and O–H groups in total. The summed E-state index contributed by atoms with van der Waals surface area (Å²) >= 11 is 0. The quantitative estimate of drug-likeness (QED) is 0.0596. The number of hydrogen-bond acceptors (Lipinski definition) is 0. The van der Waals surface area contributed by atoms with E-state index in [0.29, 0.717) is 0 Å². The zero-order chi connectivity index (χ0) is 33.5. The molecule has 0 saturated carbocycles. The first-order valence-corrected chi connectivity index (χ1v) is 20.3. The second kappa shape index (κ2) is 66.3. The summed E-state index contributed by atoms with van der Waals surface area (Å²) in [5.41, 5.74) is 0. The van der Waals surface area contributed by atoms with Crippen molar-refractivity contribution < 1.29 is 11.0 Å². The van der Waals surface area contributed by atoms with Crippen LogP contribution >= 0.6 is 0 Å². The van der Waals surface area contributed by atoms with Crippen LogP contribution in [0.3, 0.4) is 0 Å². The Kier molecular flexibility index (Phi) is 82.4. The maximum absolute atomic E-state index is 2.33. The molecule has 0 unspecified atom stereocenters. The topological polar surface area (TPSA) is 63.0 Å². The lowest BCUT2D eigenvalue weighted by Gasteiger charge is -1.99. The van der Waals surface area contributed by atoms with Crippen molar-refractivity contribution in [1.29, 1.82) is 0 Å². The molecular weight excluding hydrogens is 560 g/mol. The van der Waals surface area contributed by atoms with Gasteiger partial charge in [0.15, 0.2) is 0 Å². The molecule has 0 atom stereocenters. The van der Waals surface area contributed by atoms with Crippen molar-refractivity contribution in [3.63, 3.8) is 0 Å². The van der Waals surface area contributed by atoms with Gasteiger partial charge >= 0.3 is 0 Å². The van der Waals surface area contributed by atoms with Crippen molar-refractivity contribution in [2.24, 2.45) is 0 Å². The summed E-state index contributed by atoms with van der Waals surface area (Å²) in [5, 5.41) is 0. The minimum Gasteiger partial charge on any atom is -0.412 e. The van der Waals surface area contributed by atoms with Crippen LogP contribution in [0.5, 0.6) is 0 Å². The van der Waals surface area contributed by atoms with Crippen molar-refractivity contribution in [3.05, 3.63) is 48.6 Å². The highest BCUT2D eigenvalue weighted by molar-refractivity contribution is 5.02. The number of allylic oxidation sites excluding steroid dienone is 8. The smallest absolute Gasteiger partial charge is 0.0348 e. The third-order valence-electron chi connectivity index (χ3n) is 7.16. The molecule has 0 aliphatic heterocycles. The molecule has 0 amide bonds. The predicted octanol–water partition coefficient (Wildman–Crippen LogP) is 15.6. The molecule has 0 spiro atoms. The van der Waals surface area contributed by atoms with E-state index in [-0.39, 0.29) is 11.0 Å². The average Bonchev–Trinajstić information content (AvgIpc) is 3.02. The molecule has 0 radical (unpaired) electrons. The lowest BCUT2D eigenvalue weighted by Crippen LogP contribution is -1.79. The SMILES string of the molecule is CCC.CCC.CCCCC/C=C\C=C\CCCCCCCCCC.CCCCCC/C=C/C=C\CCCCCCCCC.O.O. The van der Waals surface area contributed by atoms with E-state index in [2.05, 4.69) is 104 Å². The molecule has 0 bridgehead atoms. The third kappa shape index (κ3) is 78.9. The molecule has 46 heavy (non-hydrogen) atoms. The molecule has 2 nitrogen and oxygen atoms in total. The van der Waals surface area contributed by atoms with Crippen LogP contribution < -0.4 is 0 Å². The van der Waals surface area contributed by atoms with E-state index < -0.39 is 0 Å². The van der Waals surface area contributed by atoms with Gasteiger partial charge in [-0.25, -0.2) is 0 Å². The van der Waals surface area contributed by atoms with Gasteiger partial charge in [0, 0.05) is 0 Å². The molecule has 0 aromatic rings. The summed E-state index contributed by atoms with van der Waals surface area (Å²) in [5.74, 6) is 0. The van der Waals surface area contributed by atoms with Gasteiger partial charge < -0.3 is 11.0 Å². The van der Waals surface area contributed by atoms with Crippen molar-refractivity contribution in [2.45, 2.75) is 235 Å². The van der Waals surface area contributed by atoms with Gasteiger partial charge in [-0.3, -0.25) is 0 Å². The van der Waals surface area contributed by atoms with Crippen molar-refractivity contribution in [3.8, 4) is 0 Å². The molecule has 0 aromatic carbocycles. The number of hydrogen-bond donors (Lipinski definition) is 0. The first-order valence-electron chi connectivity index (χ1n) is 20.3. The van der Waals surface area contributed by atoms with Gasteiger partial charge in [-0.05, 0) is 51.4 Å². The Hall–Kier alpha value is -1.12. The van der Waals surface area contributed by atoms with Gasteiger partial charge in [-0.2, -0.15) is 0 Å². The maximum Gasteiger partial charge on any atom is -0.0348 e. The van der Waals surface area contributed by atoms with E-state index in [0.717, 1.165) is 0 Å². The van der Waals surface area contributed by atoms with Gasteiger partial charge in [0.1, 0.15) is 0 Å². The predicted molar refractivity (Wildman–Crippen MR) is 218 cm³/mol. The second-order valence-corrected chi connectivity index (χ2v) is 12.6. The zero-order valence-corrected chi connectivity index (χ0v) is 33.4. The molecule has 0 rings (SSSR count). The van der Waals surface area contributed by atoms with E-state index >= 15 is 0 Å². The van der Waals surface area contributed by atoms with Crippen molar-refractivity contribution in [2.75, 3.05) is 0 Å². The number of rotatable bonds is 28. The molecular formula is C44H92O2. The monoisotopic (exact) mass is 653 g/mol. The van der Waals surface area contributed by atoms with E-state index in [4.69, 9.17) is 0 Å². The third-order valence-corrected chi connectivity index (χ3v) is 7.16. The normalized spacial score (nSPS) is 10.6. The Morgan fingerprint density at radius 1 is 0.239 bits per heavy atom. The van der Waals surface area contributed by atoms with Crippen molar-refractivity contribution >= 4 is 0 Å². The molecule has 0 aliphatic rings. The Labute approximate surface area is 294 Å². The van der Waals surface area contributed by atoms with Crippen LogP contribution in [0, 0.1) is 0 Å². The van der Waals surface area contributed by atoms with Gasteiger partial charge in [0.25, 0.3) is 0 Å². The average molecular weight is 653 g/mol. The summed E-state index contributed by atoms with van der Waals surface area (Å²) < 4.78 is 0. The lowest BCUT2D eigenvalue weighted by atomic mass is 10.1. The fourth-order valence-corrected chi connectivity index (χ4v) is 4.52. The Balaban J connectivity index is -0.000000143. The van der Waals surface area contributed by atoms with Gasteiger partial charge in [-0.15, -0.1) is 0 Å². The van der Waals surface area contributed by atoms with Crippen LogP contribution in [-0.2, 0) is 0 Å². The lowest BCUT2D eigenvalue weighted by molar-refractivity contribution is 0.577. The highest BCUT2D eigenvalue weighted by atomic mass is 16.0. The Morgan fingerprint density at radius 2 is 0.391 bits per heavy atom. The first-order chi connectivity index (χ1) is 21.7. The summed E-state index contributed by atoms with van der Waals surface area (Å²) in [4.78, 5) is 0. The Morgan fingerprint density at radius 3 is 0.630 bits per heavy atom. The molecule has 0 aromatic heterocycles. The molecule has 0 aliphatic carbocycles. The van der Waals surface area contributed by atoms with E-state index in [9.17, 15) is 0 Å². The summed E-state index contributed by atoms with van der Waals surface area (Å²) in [6.45, 7) is 17.6. The van der Waals surface area contributed by atoms with E-state index in [1.165, 1.54) is 180 Å². The first kappa shape index (κ1) is 57.2. The van der Waals surface area contributed by atoms with Crippen LogP contribution in [0.15, 0.2) is 48.6 Å². The summed E-state index contributed by atoms with van der Waals surface area (Å²) in [6.07, 6.45) is 56.4. The van der Waals surface area contributed by atoms with Crippen LogP contribution in [0.25, 0.3) is 0 Å². The summed E-state index contributed by atoms with van der Waals surface area (Å²) in [7, 11) is 0. The standard InChI is InChI=1S/2C19H36.2C3H8.2H2O/c2*1-3-5-7-9-11-13-15-17-19-18-16-14-12-10-8-6-4-2;2*1-3-2;;/h13,15,17,19H,3-12,14,16,18H2,1-2H3;11,13,15,17H,3-10,12,14,16,18-19H2,1-2H3;2*3H2,1-2H3;2*1H2/b15-13+,19-17-;13-11-,17-15+;;;;. The Bertz CT molecular complexity index is 530. The summed E-state index contributed by atoms with van der Waals surface area (Å²) in [6, 6.07) is 0. The maximum atomic E-state index is 2.33. The van der Waals surface area contributed by atoms with E-state index in [1.807, 2.05) is 0 Å². The second-order valence-electron chi connectivity index (χ2n) is 12.6. The van der Waals surface area contributed by atoms with Gasteiger partial charge in [0.05, 0.1) is 0 Å². The molecule has 0 saturated heterocycles. The molecule has 2 heteroatoms. The molecule has 0 fully saturated rings. The highest BCUT2D eigenvalue weighted by Gasteiger charge is 1.91. The minimum atomic E-state index is 0. The largest absolute Gasteiger partial charge is 0.412 e. The molecule has 280 valence electrons. The van der Waals surface area contributed by atoms with E-state index in [1.54, 1.807) is 0 Å². The fraction of sp³-hybridized carbons (Fsp3) is 0.818. The van der Waals surface area contributed by atoms with Gasteiger partial charge in [0.2, 0.25) is 0 Å². The van der Waals surface area contributed by atoms with Crippen LogP contribution in [0.2, 0.25) is 0 Å². The van der Waals surface area contributed by atoms with Gasteiger partial charge in [-0.1, -0.05) is 232 Å². The molecule has 0 heterocycles. The van der Waals surface area contributed by atoms with Crippen LogP contribution in [0.4, 0.5) is 0 Å². The zero-order valence-electron chi connectivity index (χ0n) is 33.4. The van der Waals surface area contributed by atoms with Crippen LogP contribution in [-0.4, -0.2) is 11.0 Å². The fourth-order valence-electron chi connectivity index (χ4n) is 4.52.